The van der Waals surface area contributed by atoms with Crippen molar-refractivity contribution in [3.63, 3.8) is 0 Å². The highest BCUT2D eigenvalue weighted by Crippen LogP contribution is 2.31. The van der Waals surface area contributed by atoms with Crippen LogP contribution in [0, 0.1) is 0 Å². The zero-order valence-corrected chi connectivity index (χ0v) is 19.3. The van der Waals surface area contributed by atoms with Crippen LogP contribution in [0.15, 0.2) is 66.7 Å². The van der Waals surface area contributed by atoms with Gasteiger partial charge in [0.15, 0.2) is 0 Å². The van der Waals surface area contributed by atoms with Gasteiger partial charge in [0.2, 0.25) is 0 Å². The number of esters is 1. The van der Waals surface area contributed by atoms with Gasteiger partial charge in [-0.05, 0) is 65.8 Å². The molecule has 0 atom stereocenters. The average Bonchev–Trinajstić information content (AvgIpc) is 2.79. The van der Waals surface area contributed by atoms with E-state index < -0.39 is 5.97 Å². The molecule has 3 rings (SSSR count). The molecule has 3 heteroatoms. The predicted octanol–water partition coefficient (Wildman–Crippen LogP) is 8.30. The number of ether oxygens (including phenoxy) is 1. The Hall–Kier alpha value is -2.58. The zero-order valence-electron chi connectivity index (χ0n) is 18.5. The second-order valence-corrected chi connectivity index (χ2v) is 8.40. The normalized spacial score (nSPS) is 10.8. The molecule has 0 amide bonds. The lowest BCUT2D eigenvalue weighted by molar-refractivity contribution is 0.0735. The second-order valence-electron chi connectivity index (χ2n) is 7.99. The van der Waals surface area contributed by atoms with Gasteiger partial charge in [0.05, 0.1) is 10.6 Å². The molecule has 0 unspecified atom stereocenters. The molecule has 3 aromatic carbocycles. The van der Waals surface area contributed by atoms with Gasteiger partial charge in [0.1, 0.15) is 5.75 Å². The number of hydrogen-bond acceptors (Lipinski definition) is 2. The monoisotopic (exact) mass is 434 g/mol. The highest BCUT2D eigenvalue weighted by atomic mass is 35.5. The van der Waals surface area contributed by atoms with E-state index in [1.54, 1.807) is 6.07 Å². The van der Waals surface area contributed by atoms with Crippen LogP contribution in [0.25, 0.3) is 11.1 Å². The number of unbranched alkanes of at least 4 members (excludes halogenated alkanes) is 3. The molecule has 0 aliphatic heterocycles. The van der Waals surface area contributed by atoms with Crippen LogP contribution in [0.1, 0.15) is 67.4 Å². The fraction of sp³-hybridized carbons (Fsp3) is 0.321. The largest absolute Gasteiger partial charge is 0.421 e. The van der Waals surface area contributed by atoms with Crippen LogP contribution in [-0.2, 0) is 12.8 Å². The van der Waals surface area contributed by atoms with Gasteiger partial charge in [0, 0.05) is 0 Å². The first-order valence-electron chi connectivity index (χ1n) is 11.3. The molecule has 0 bridgehead atoms. The van der Waals surface area contributed by atoms with Crippen molar-refractivity contribution in [1.82, 2.24) is 0 Å². The van der Waals surface area contributed by atoms with Gasteiger partial charge in [-0.15, -0.1) is 0 Å². The van der Waals surface area contributed by atoms with E-state index in [2.05, 4.69) is 38.1 Å². The summed E-state index contributed by atoms with van der Waals surface area (Å²) in [7, 11) is 0. The van der Waals surface area contributed by atoms with E-state index in [4.69, 9.17) is 16.3 Å². The maximum absolute atomic E-state index is 12.5. The number of benzene rings is 3. The van der Waals surface area contributed by atoms with Crippen LogP contribution in [0.2, 0.25) is 5.02 Å². The summed E-state index contributed by atoms with van der Waals surface area (Å²) in [6.45, 7) is 4.39. The first-order chi connectivity index (χ1) is 15.1. The Balaban J connectivity index is 1.62. The molecule has 0 spiro atoms. The van der Waals surface area contributed by atoms with Crippen LogP contribution in [0.5, 0.6) is 5.75 Å². The molecule has 0 fully saturated rings. The van der Waals surface area contributed by atoms with Crippen LogP contribution < -0.4 is 4.74 Å². The molecule has 0 aliphatic carbocycles. The quantitative estimate of drug-likeness (QED) is 0.182. The average molecular weight is 435 g/mol. The minimum atomic E-state index is -0.392. The van der Waals surface area contributed by atoms with Crippen molar-refractivity contribution in [3.8, 4) is 16.9 Å². The van der Waals surface area contributed by atoms with Crippen molar-refractivity contribution in [2.24, 2.45) is 0 Å². The van der Waals surface area contributed by atoms with Crippen LogP contribution in [-0.4, -0.2) is 5.97 Å². The molecule has 2 nitrogen and oxygen atoms in total. The minimum Gasteiger partial charge on any atom is -0.421 e. The molecule has 0 radical (unpaired) electrons. The SMILES string of the molecule is CCCCCCc1ccc(C(=O)Oc2ccc(-c3ccc(CCC)cc3)cc2Cl)cc1. The number of hydrogen-bond donors (Lipinski definition) is 0. The predicted molar refractivity (Wildman–Crippen MR) is 130 cm³/mol. The molecule has 0 aromatic heterocycles. The third kappa shape index (κ3) is 6.70. The van der Waals surface area contributed by atoms with Crippen molar-refractivity contribution < 1.29 is 9.53 Å². The molecular weight excluding hydrogens is 404 g/mol. The lowest BCUT2D eigenvalue weighted by atomic mass is 10.0. The van der Waals surface area contributed by atoms with Gasteiger partial charge in [-0.3, -0.25) is 0 Å². The Kier molecular flexibility index (Phi) is 8.73. The maximum atomic E-state index is 12.5. The molecule has 3 aromatic rings. The van der Waals surface area contributed by atoms with Gasteiger partial charge in [-0.1, -0.05) is 93.6 Å². The van der Waals surface area contributed by atoms with Gasteiger partial charge in [0.25, 0.3) is 0 Å². The lowest BCUT2D eigenvalue weighted by Crippen LogP contribution is -2.08. The highest BCUT2D eigenvalue weighted by Gasteiger charge is 2.12. The Morgan fingerprint density at radius 1 is 0.742 bits per heavy atom. The summed E-state index contributed by atoms with van der Waals surface area (Å²) in [5, 5.41) is 0.427. The molecule has 31 heavy (non-hydrogen) atoms. The van der Waals surface area contributed by atoms with Crippen molar-refractivity contribution in [2.75, 3.05) is 0 Å². The van der Waals surface area contributed by atoms with Gasteiger partial charge < -0.3 is 4.74 Å². The minimum absolute atomic E-state index is 0.377. The highest BCUT2D eigenvalue weighted by molar-refractivity contribution is 6.32. The number of carbonyl (C=O) groups is 1. The van der Waals surface area contributed by atoms with Crippen LogP contribution in [0.3, 0.4) is 0 Å². The van der Waals surface area contributed by atoms with E-state index in [1.807, 2.05) is 36.4 Å². The molecule has 0 N–H and O–H groups in total. The number of carbonyl (C=O) groups excluding carboxylic acids is 1. The number of aryl methyl sites for hydroxylation is 2. The van der Waals surface area contributed by atoms with Crippen molar-refractivity contribution in [3.05, 3.63) is 88.4 Å². The summed E-state index contributed by atoms with van der Waals surface area (Å²) in [6, 6.07) is 21.7. The van der Waals surface area contributed by atoms with Crippen molar-refractivity contribution >= 4 is 17.6 Å². The molecule has 0 heterocycles. The van der Waals surface area contributed by atoms with Gasteiger partial charge in [-0.25, -0.2) is 4.79 Å². The second kappa shape index (κ2) is 11.7. The summed E-state index contributed by atoms with van der Waals surface area (Å²) >= 11 is 6.42. The van der Waals surface area contributed by atoms with E-state index in [9.17, 15) is 4.79 Å². The fourth-order valence-corrected chi connectivity index (χ4v) is 3.86. The fourth-order valence-electron chi connectivity index (χ4n) is 3.64. The van der Waals surface area contributed by atoms with Gasteiger partial charge >= 0.3 is 5.97 Å². The zero-order chi connectivity index (χ0) is 22.1. The van der Waals surface area contributed by atoms with Crippen LogP contribution in [0.4, 0.5) is 0 Å². The Bertz CT molecular complexity index is 975. The molecule has 0 aliphatic rings. The number of rotatable bonds is 10. The van der Waals surface area contributed by atoms with E-state index in [1.165, 1.54) is 36.8 Å². The third-order valence-corrected chi connectivity index (χ3v) is 5.76. The molecule has 162 valence electrons. The summed E-state index contributed by atoms with van der Waals surface area (Å²) in [5.74, 6) is -0.0160. The summed E-state index contributed by atoms with van der Waals surface area (Å²) in [6.07, 6.45) is 8.19. The smallest absolute Gasteiger partial charge is 0.343 e. The Morgan fingerprint density at radius 3 is 2.03 bits per heavy atom. The molecule has 0 saturated heterocycles. The topological polar surface area (TPSA) is 26.3 Å². The first kappa shape index (κ1) is 23.1. The lowest BCUT2D eigenvalue weighted by Gasteiger charge is -2.10. The van der Waals surface area contributed by atoms with E-state index in [-0.39, 0.29) is 0 Å². The Labute approximate surface area is 191 Å². The Morgan fingerprint density at radius 2 is 1.39 bits per heavy atom. The standard InChI is InChI=1S/C28H31ClO2/c1-3-5-6-7-9-22-12-16-24(17-13-22)28(30)31-27-19-18-25(20-26(27)29)23-14-10-21(8-4-2)11-15-23/h10-20H,3-9H2,1-2H3. The molecule has 0 saturated carbocycles. The third-order valence-electron chi connectivity index (χ3n) is 5.47. The number of halogens is 1. The van der Waals surface area contributed by atoms with E-state index in [0.717, 1.165) is 30.4 Å². The van der Waals surface area contributed by atoms with E-state index >= 15 is 0 Å². The molecular formula is C28H31ClO2. The van der Waals surface area contributed by atoms with Crippen molar-refractivity contribution in [1.29, 1.82) is 0 Å². The maximum Gasteiger partial charge on any atom is 0.343 e. The summed E-state index contributed by atoms with van der Waals surface area (Å²) < 4.78 is 5.56. The first-order valence-corrected chi connectivity index (χ1v) is 11.7. The van der Waals surface area contributed by atoms with Crippen LogP contribution >= 0.6 is 11.6 Å². The van der Waals surface area contributed by atoms with E-state index in [0.29, 0.717) is 16.3 Å². The summed E-state index contributed by atoms with van der Waals surface area (Å²) in [5.41, 5.74) is 5.20. The van der Waals surface area contributed by atoms with Gasteiger partial charge in [-0.2, -0.15) is 0 Å². The van der Waals surface area contributed by atoms with Crippen molar-refractivity contribution in [2.45, 2.75) is 58.8 Å². The summed E-state index contributed by atoms with van der Waals surface area (Å²) in [4.78, 5) is 12.5.